The van der Waals surface area contributed by atoms with E-state index in [9.17, 15) is 9.18 Å². The highest BCUT2D eigenvalue weighted by molar-refractivity contribution is 6.30. The zero-order valence-electron chi connectivity index (χ0n) is 18.1. The molecule has 0 bridgehead atoms. The van der Waals surface area contributed by atoms with Crippen molar-refractivity contribution in [2.24, 2.45) is 5.92 Å². The number of nitrogens with zero attached hydrogens (tertiary/aromatic N) is 3. The average molecular weight is 458 g/mol. The lowest BCUT2D eigenvalue weighted by atomic mass is 9.86. The minimum Gasteiger partial charge on any atom is -0.381 e. The smallest absolute Gasteiger partial charge is 0.262 e. The monoisotopic (exact) mass is 457 g/mol. The molecule has 0 unspecified atom stereocenters. The predicted octanol–water partition coefficient (Wildman–Crippen LogP) is 4.46. The Morgan fingerprint density at radius 3 is 2.75 bits per heavy atom. The van der Waals surface area contributed by atoms with Crippen LogP contribution in [-0.4, -0.2) is 40.3 Å². The molecule has 6 nitrogen and oxygen atoms in total. The van der Waals surface area contributed by atoms with E-state index in [1.165, 1.54) is 10.5 Å². The van der Waals surface area contributed by atoms with Crippen LogP contribution in [0.25, 0.3) is 17.0 Å². The highest BCUT2D eigenvalue weighted by Crippen LogP contribution is 2.36. The fourth-order valence-electron chi connectivity index (χ4n) is 4.70. The van der Waals surface area contributed by atoms with Crippen molar-refractivity contribution >= 4 is 17.2 Å². The maximum Gasteiger partial charge on any atom is 0.262 e. The van der Waals surface area contributed by atoms with E-state index in [2.05, 4.69) is 4.98 Å². The normalized spacial score (nSPS) is 23.7. The van der Waals surface area contributed by atoms with Gasteiger partial charge in [-0.25, -0.2) is 18.8 Å². The third kappa shape index (κ3) is 3.83. The molecule has 0 saturated carbocycles. The molecule has 8 heteroatoms. The van der Waals surface area contributed by atoms with Crippen molar-refractivity contribution < 1.29 is 13.9 Å². The van der Waals surface area contributed by atoms with Crippen LogP contribution >= 0.6 is 11.6 Å². The SMILES string of the molecule is Cc1nc2cc([C@H]3CCO[C@@H]([C@@H]4CCOC4)C3)nc(-c3ccc(Cl)cc3F)n2c(=O)c1C. The lowest BCUT2D eigenvalue weighted by molar-refractivity contribution is -0.0310. The fraction of sp³-hybridized carbons (Fsp3) is 0.458. The van der Waals surface area contributed by atoms with Gasteiger partial charge >= 0.3 is 0 Å². The maximum absolute atomic E-state index is 14.9. The Hall–Kier alpha value is -2.35. The lowest BCUT2D eigenvalue weighted by Gasteiger charge is -2.32. The molecule has 3 atom stereocenters. The quantitative estimate of drug-likeness (QED) is 0.580. The molecule has 168 valence electrons. The van der Waals surface area contributed by atoms with Gasteiger partial charge in [0.2, 0.25) is 0 Å². The van der Waals surface area contributed by atoms with E-state index in [1.54, 1.807) is 19.1 Å². The molecule has 2 aliphatic rings. The number of rotatable bonds is 3. The number of benzene rings is 1. The summed E-state index contributed by atoms with van der Waals surface area (Å²) >= 11 is 5.97. The molecule has 4 heterocycles. The van der Waals surface area contributed by atoms with Gasteiger partial charge < -0.3 is 9.47 Å². The van der Waals surface area contributed by atoms with Gasteiger partial charge in [-0.3, -0.25) is 4.79 Å². The molecule has 3 aromatic rings. The summed E-state index contributed by atoms with van der Waals surface area (Å²) in [6.07, 6.45) is 2.73. The second kappa shape index (κ2) is 8.54. The van der Waals surface area contributed by atoms with Crippen LogP contribution in [0.15, 0.2) is 29.1 Å². The average Bonchev–Trinajstić information content (AvgIpc) is 3.32. The predicted molar refractivity (Wildman–Crippen MR) is 120 cm³/mol. The fourth-order valence-corrected chi connectivity index (χ4v) is 4.86. The summed E-state index contributed by atoms with van der Waals surface area (Å²) in [4.78, 5) is 22.6. The molecule has 0 radical (unpaired) electrons. The van der Waals surface area contributed by atoms with Crippen LogP contribution in [0.3, 0.4) is 0 Å². The van der Waals surface area contributed by atoms with Crippen molar-refractivity contribution in [3.05, 3.63) is 62.4 Å². The first-order chi connectivity index (χ1) is 15.4. The third-order valence-electron chi connectivity index (χ3n) is 6.70. The number of halogens is 2. The Labute approximate surface area is 190 Å². The summed E-state index contributed by atoms with van der Waals surface area (Å²) in [7, 11) is 0. The molecular formula is C24H25ClFN3O3. The summed E-state index contributed by atoms with van der Waals surface area (Å²) in [6.45, 7) is 5.66. The maximum atomic E-state index is 14.9. The third-order valence-corrected chi connectivity index (χ3v) is 6.93. The zero-order valence-corrected chi connectivity index (χ0v) is 18.9. The van der Waals surface area contributed by atoms with Crippen LogP contribution in [0.4, 0.5) is 4.39 Å². The number of fused-ring (bicyclic) bond motifs is 1. The standard InChI is InChI=1S/C24H25ClFN3O3/c1-13-14(2)27-22-11-20(15-6-8-32-21(9-15)16-5-7-31-12-16)28-23(29(22)24(13)30)18-4-3-17(25)10-19(18)26/h3-4,10-11,15-16,21H,5-9,12H2,1-2H3/t15-,16+,21+/m0/s1. The highest BCUT2D eigenvalue weighted by Gasteiger charge is 2.33. The second-order valence-corrected chi connectivity index (χ2v) is 9.14. The molecule has 0 amide bonds. The van der Waals surface area contributed by atoms with Gasteiger partial charge in [0.05, 0.1) is 18.3 Å². The van der Waals surface area contributed by atoms with Gasteiger partial charge in [0.25, 0.3) is 5.56 Å². The Morgan fingerprint density at radius 1 is 1.16 bits per heavy atom. The van der Waals surface area contributed by atoms with E-state index >= 15 is 0 Å². The van der Waals surface area contributed by atoms with Gasteiger partial charge in [-0.2, -0.15) is 0 Å². The molecule has 2 fully saturated rings. The van der Waals surface area contributed by atoms with Gasteiger partial charge in [-0.1, -0.05) is 11.6 Å². The first-order valence-electron chi connectivity index (χ1n) is 11.0. The molecule has 2 aliphatic heterocycles. The van der Waals surface area contributed by atoms with E-state index in [4.69, 9.17) is 26.1 Å². The minimum atomic E-state index is -0.526. The molecular weight excluding hydrogens is 433 g/mol. The summed E-state index contributed by atoms with van der Waals surface area (Å²) in [6, 6.07) is 6.27. The van der Waals surface area contributed by atoms with Crippen LogP contribution < -0.4 is 5.56 Å². The molecule has 0 spiro atoms. The number of hydrogen-bond donors (Lipinski definition) is 0. The van der Waals surface area contributed by atoms with Crippen molar-refractivity contribution in [3.63, 3.8) is 0 Å². The van der Waals surface area contributed by atoms with Gasteiger partial charge in [0.15, 0.2) is 5.82 Å². The Morgan fingerprint density at radius 2 is 2.00 bits per heavy atom. The number of aryl methyl sites for hydroxylation is 1. The number of ether oxygens (including phenoxy) is 2. The van der Waals surface area contributed by atoms with E-state index in [0.29, 0.717) is 29.4 Å². The van der Waals surface area contributed by atoms with E-state index in [0.717, 1.165) is 38.2 Å². The summed E-state index contributed by atoms with van der Waals surface area (Å²) in [5.41, 5.74) is 2.42. The molecule has 2 saturated heterocycles. The summed E-state index contributed by atoms with van der Waals surface area (Å²) in [5.74, 6) is 0.241. The molecule has 0 N–H and O–H groups in total. The molecule has 2 aromatic heterocycles. The van der Waals surface area contributed by atoms with Crippen LogP contribution in [0.2, 0.25) is 5.02 Å². The van der Waals surface area contributed by atoms with Crippen molar-refractivity contribution in [1.82, 2.24) is 14.4 Å². The number of aromatic nitrogens is 3. The van der Waals surface area contributed by atoms with Crippen molar-refractivity contribution in [2.75, 3.05) is 19.8 Å². The largest absolute Gasteiger partial charge is 0.381 e. The van der Waals surface area contributed by atoms with Crippen molar-refractivity contribution in [3.8, 4) is 11.4 Å². The van der Waals surface area contributed by atoms with E-state index in [1.807, 2.05) is 13.0 Å². The van der Waals surface area contributed by atoms with Crippen LogP contribution in [0, 0.1) is 25.6 Å². The van der Waals surface area contributed by atoms with Crippen LogP contribution in [-0.2, 0) is 9.47 Å². The molecule has 32 heavy (non-hydrogen) atoms. The second-order valence-electron chi connectivity index (χ2n) is 8.70. The van der Waals surface area contributed by atoms with Gasteiger partial charge in [-0.05, 0) is 51.3 Å². The highest BCUT2D eigenvalue weighted by atomic mass is 35.5. The first-order valence-corrected chi connectivity index (χ1v) is 11.4. The van der Waals surface area contributed by atoms with E-state index < -0.39 is 5.82 Å². The first kappa shape index (κ1) is 21.5. The van der Waals surface area contributed by atoms with Crippen molar-refractivity contribution in [1.29, 1.82) is 0 Å². The Bertz CT molecular complexity index is 1240. The van der Waals surface area contributed by atoms with Crippen LogP contribution in [0.5, 0.6) is 0 Å². The molecule has 0 aliphatic carbocycles. The lowest BCUT2D eigenvalue weighted by Crippen LogP contribution is -2.32. The Kier molecular flexibility index (Phi) is 5.73. The summed E-state index contributed by atoms with van der Waals surface area (Å²) < 4.78 is 27.9. The zero-order chi connectivity index (χ0) is 22.4. The number of hydrogen-bond acceptors (Lipinski definition) is 5. The van der Waals surface area contributed by atoms with Gasteiger partial charge in [-0.15, -0.1) is 0 Å². The summed E-state index contributed by atoms with van der Waals surface area (Å²) in [5, 5.41) is 0.287. The minimum absolute atomic E-state index is 0.111. The van der Waals surface area contributed by atoms with Crippen LogP contribution in [0.1, 0.15) is 42.1 Å². The van der Waals surface area contributed by atoms with Gasteiger partial charge in [0.1, 0.15) is 11.5 Å². The topological polar surface area (TPSA) is 65.7 Å². The molecule has 5 rings (SSSR count). The Balaban J connectivity index is 1.66. The van der Waals surface area contributed by atoms with Gasteiger partial charge in [0, 0.05) is 53.1 Å². The molecule has 1 aromatic carbocycles. The van der Waals surface area contributed by atoms with E-state index in [-0.39, 0.29) is 34.0 Å². The van der Waals surface area contributed by atoms with Crippen molar-refractivity contribution in [2.45, 2.75) is 45.1 Å².